The van der Waals surface area contributed by atoms with Crippen LogP contribution in [0.4, 0.5) is 5.82 Å². The first-order valence-corrected chi connectivity index (χ1v) is 6.52. The molecular weight excluding hydrogens is 320 g/mol. The van der Waals surface area contributed by atoms with Crippen molar-refractivity contribution in [3.63, 3.8) is 0 Å². The molecule has 0 N–H and O–H groups in total. The molecule has 0 aliphatic carbocycles. The number of anilines is 1. The third kappa shape index (κ3) is 2.94. The van der Waals surface area contributed by atoms with Crippen molar-refractivity contribution < 1.29 is 0 Å². The van der Waals surface area contributed by atoms with E-state index in [-0.39, 0.29) is 5.54 Å². The van der Waals surface area contributed by atoms with Crippen molar-refractivity contribution in [2.75, 3.05) is 11.9 Å². The molecule has 0 unspecified atom stereocenters. The van der Waals surface area contributed by atoms with E-state index in [1.807, 2.05) is 12.3 Å². The Hall–Kier alpha value is -0.0900. The first-order chi connectivity index (χ1) is 6.88. The second-order valence-corrected chi connectivity index (χ2v) is 5.95. The minimum absolute atomic E-state index is 0.114. The Balaban J connectivity index is 3.06. The molecule has 0 amide bonds. The lowest BCUT2D eigenvalue weighted by molar-refractivity contribution is 0.466. The Kier molecular flexibility index (Phi) is 4.18. The van der Waals surface area contributed by atoms with Gasteiger partial charge < -0.3 is 4.90 Å². The molecule has 0 spiro atoms. The fourth-order valence-electron chi connectivity index (χ4n) is 1.18. The maximum Gasteiger partial charge on any atom is 0.143 e. The Morgan fingerprint density at radius 3 is 2.47 bits per heavy atom. The van der Waals surface area contributed by atoms with Gasteiger partial charge in [0.15, 0.2) is 0 Å². The van der Waals surface area contributed by atoms with E-state index >= 15 is 0 Å². The van der Waals surface area contributed by atoms with Gasteiger partial charge in [-0.1, -0.05) is 6.92 Å². The van der Waals surface area contributed by atoms with Crippen LogP contribution in [-0.4, -0.2) is 17.6 Å². The topological polar surface area (TPSA) is 16.1 Å². The molecule has 0 radical (unpaired) electrons. The smallest absolute Gasteiger partial charge is 0.143 e. The number of nitrogens with zero attached hydrogens (tertiary/aromatic N) is 2. The summed E-state index contributed by atoms with van der Waals surface area (Å²) >= 11 is 6.94. The number of aromatic nitrogens is 1. The summed E-state index contributed by atoms with van der Waals surface area (Å²) in [5.74, 6) is 0.977. The SMILES string of the molecule is CCC(C)(C)N(C)c1ncc(Br)cc1Br. The molecule has 0 saturated carbocycles. The Morgan fingerprint density at radius 2 is 2.00 bits per heavy atom. The summed E-state index contributed by atoms with van der Waals surface area (Å²) in [6.07, 6.45) is 2.90. The van der Waals surface area contributed by atoms with Crippen molar-refractivity contribution in [3.8, 4) is 0 Å². The van der Waals surface area contributed by atoms with Crippen molar-refractivity contribution in [2.45, 2.75) is 32.7 Å². The summed E-state index contributed by atoms with van der Waals surface area (Å²) in [6, 6.07) is 2.02. The van der Waals surface area contributed by atoms with E-state index in [9.17, 15) is 0 Å². The molecule has 0 aromatic carbocycles. The van der Waals surface area contributed by atoms with Crippen molar-refractivity contribution in [2.24, 2.45) is 0 Å². The molecule has 1 rings (SSSR count). The summed E-state index contributed by atoms with van der Waals surface area (Å²) < 4.78 is 2.00. The van der Waals surface area contributed by atoms with E-state index in [2.05, 4.69) is 69.6 Å². The second-order valence-electron chi connectivity index (χ2n) is 4.18. The van der Waals surface area contributed by atoms with Crippen LogP contribution >= 0.6 is 31.9 Å². The van der Waals surface area contributed by atoms with Crippen LogP contribution in [0.1, 0.15) is 27.2 Å². The summed E-state index contributed by atoms with van der Waals surface area (Å²) in [5, 5.41) is 0. The highest BCUT2D eigenvalue weighted by Gasteiger charge is 2.23. The molecule has 15 heavy (non-hydrogen) atoms. The van der Waals surface area contributed by atoms with Gasteiger partial charge >= 0.3 is 0 Å². The van der Waals surface area contributed by atoms with Crippen molar-refractivity contribution in [1.82, 2.24) is 4.98 Å². The van der Waals surface area contributed by atoms with Crippen molar-refractivity contribution >= 4 is 37.7 Å². The van der Waals surface area contributed by atoms with E-state index in [1.54, 1.807) is 0 Å². The zero-order chi connectivity index (χ0) is 11.6. The number of halogens is 2. The lowest BCUT2D eigenvalue weighted by Crippen LogP contribution is -2.41. The first-order valence-electron chi connectivity index (χ1n) is 4.93. The van der Waals surface area contributed by atoms with Crippen molar-refractivity contribution in [3.05, 3.63) is 21.2 Å². The average molecular weight is 336 g/mol. The molecular formula is C11H16Br2N2. The number of hydrogen-bond donors (Lipinski definition) is 0. The van der Waals surface area contributed by atoms with Gasteiger partial charge in [0, 0.05) is 23.3 Å². The maximum atomic E-state index is 4.42. The van der Waals surface area contributed by atoms with Crippen LogP contribution in [0, 0.1) is 0 Å². The van der Waals surface area contributed by atoms with Crippen LogP contribution in [-0.2, 0) is 0 Å². The largest absolute Gasteiger partial charge is 0.354 e. The number of pyridine rings is 1. The van der Waals surface area contributed by atoms with Gasteiger partial charge in [0.2, 0.25) is 0 Å². The van der Waals surface area contributed by atoms with Gasteiger partial charge in [-0.2, -0.15) is 0 Å². The van der Waals surface area contributed by atoms with Gasteiger partial charge in [0.05, 0.1) is 4.47 Å². The molecule has 0 bridgehead atoms. The predicted octanol–water partition coefficient (Wildman–Crippen LogP) is 4.23. The zero-order valence-electron chi connectivity index (χ0n) is 9.51. The van der Waals surface area contributed by atoms with E-state index in [4.69, 9.17) is 0 Å². The Morgan fingerprint density at radius 1 is 1.40 bits per heavy atom. The standard InChI is InChI=1S/C11H16Br2N2/c1-5-11(2,3)15(4)10-9(13)6-8(12)7-14-10/h6-7H,5H2,1-4H3. The van der Waals surface area contributed by atoms with E-state index < -0.39 is 0 Å². The molecule has 0 atom stereocenters. The highest BCUT2D eigenvalue weighted by atomic mass is 79.9. The summed E-state index contributed by atoms with van der Waals surface area (Å²) in [6.45, 7) is 6.61. The third-order valence-electron chi connectivity index (χ3n) is 2.88. The van der Waals surface area contributed by atoms with Gasteiger partial charge in [0.25, 0.3) is 0 Å². The molecule has 2 nitrogen and oxygen atoms in total. The predicted molar refractivity (Wildman–Crippen MR) is 72.4 cm³/mol. The summed E-state index contributed by atoms with van der Waals surface area (Å²) in [7, 11) is 2.07. The third-order valence-corrected chi connectivity index (χ3v) is 3.90. The molecule has 0 aliphatic rings. The van der Waals surface area contributed by atoms with Gasteiger partial charge in [-0.05, 0) is 58.2 Å². The molecule has 1 aromatic heterocycles. The van der Waals surface area contributed by atoms with Crippen LogP contribution in [0.2, 0.25) is 0 Å². The maximum absolute atomic E-state index is 4.42. The second kappa shape index (κ2) is 4.83. The summed E-state index contributed by atoms with van der Waals surface area (Å²) in [4.78, 5) is 6.62. The molecule has 0 aliphatic heterocycles. The number of rotatable bonds is 3. The van der Waals surface area contributed by atoms with Gasteiger partial charge in [0.1, 0.15) is 5.82 Å². The zero-order valence-corrected chi connectivity index (χ0v) is 12.7. The van der Waals surface area contributed by atoms with E-state index in [0.29, 0.717) is 0 Å². The summed E-state index contributed by atoms with van der Waals surface area (Å²) in [5.41, 5.74) is 0.114. The van der Waals surface area contributed by atoms with Gasteiger partial charge in [-0.15, -0.1) is 0 Å². The Bertz CT molecular complexity index is 350. The highest BCUT2D eigenvalue weighted by molar-refractivity contribution is 9.11. The van der Waals surface area contributed by atoms with Gasteiger partial charge in [-0.3, -0.25) is 0 Å². The fourth-order valence-corrected chi connectivity index (χ4v) is 2.43. The monoisotopic (exact) mass is 334 g/mol. The van der Waals surface area contributed by atoms with Gasteiger partial charge in [-0.25, -0.2) is 4.98 Å². The number of hydrogen-bond acceptors (Lipinski definition) is 2. The van der Waals surface area contributed by atoms with Crippen molar-refractivity contribution in [1.29, 1.82) is 0 Å². The molecule has 0 saturated heterocycles. The lowest BCUT2D eigenvalue weighted by atomic mass is 10.00. The highest BCUT2D eigenvalue weighted by Crippen LogP contribution is 2.31. The van der Waals surface area contributed by atoms with E-state index in [0.717, 1.165) is 21.2 Å². The minimum atomic E-state index is 0.114. The first kappa shape index (κ1) is 13.0. The molecule has 1 aromatic rings. The molecule has 4 heteroatoms. The van der Waals surface area contributed by atoms with E-state index in [1.165, 1.54) is 0 Å². The quantitative estimate of drug-likeness (QED) is 0.821. The van der Waals surface area contributed by atoms with Crippen LogP contribution in [0.3, 0.4) is 0 Å². The molecule has 1 heterocycles. The molecule has 0 fully saturated rings. The fraction of sp³-hybridized carbons (Fsp3) is 0.545. The molecule has 84 valence electrons. The minimum Gasteiger partial charge on any atom is -0.354 e. The lowest BCUT2D eigenvalue weighted by Gasteiger charge is -2.36. The van der Waals surface area contributed by atoms with Crippen LogP contribution in [0.5, 0.6) is 0 Å². The van der Waals surface area contributed by atoms with Crippen LogP contribution < -0.4 is 4.90 Å². The van der Waals surface area contributed by atoms with Crippen LogP contribution in [0.25, 0.3) is 0 Å². The Labute approximate surface area is 108 Å². The normalized spacial score (nSPS) is 11.6. The average Bonchev–Trinajstić information content (AvgIpc) is 2.17. The van der Waals surface area contributed by atoms with Crippen LogP contribution in [0.15, 0.2) is 21.2 Å².